The standard InChI is InChI=1S/C13H18O3/c1-8-6-9(2)10(3)12(7-8)16-11(4)13(14)15-5/h6-7,11H,1-5H3/t11-/m0/s1. The minimum atomic E-state index is -0.579. The SMILES string of the molecule is COC(=O)[C@H](C)Oc1cc(C)cc(C)c1C. The van der Waals surface area contributed by atoms with Crippen molar-refractivity contribution in [2.24, 2.45) is 0 Å². The van der Waals surface area contributed by atoms with E-state index in [-0.39, 0.29) is 5.97 Å². The first-order chi connectivity index (χ1) is 7.45. The molecule has 88 valence electrons. The predicted octanol–water partition coefficient (Wildman–Crippen LogP) is 2.55. The second-order valence-electron chi connectivity index (χ2n) is 3.99. The number of aryl methyl sites for hydroxylation is 2. The van der Waals surface area contributed by atoms with Gasteiger partial charge in [0, 0.05) is 0 Å². The van der Waals surface area contributed by atoms with Gasteiger partial charge < -0.3 is 9.47 Å². The fourth-order valence-electron chi connectivity index (χ4n) is 1.53. The highest BCUT2D eigenvalue weighted by molar-refractivity contribution is 5.74. The van der Waals surface area contributed by atoms with E-state index in [9.17, 15) is 4.79 Å². The first-order valence-electron chi connectivity index (χ1n) is 5.28. The summed E-state index contributed by atoms with van der Waals surface area (Å²) in [5.74, 6) is 0.383. The van der Waals surface area contributed by atoms with Gasteiger partial charge in [0.1, 0.15) is 5.75 Å². The van der Waals surface area contributed by atoms with Gasteiger partial charge in [-0.15, -0.1) is 0 Å². The molecule has 1 atom stereocenters. The zero-order chi connectivity index (χ0) is 12.3. The van der Waals surface area contributed by atoms with E-state index in [0.717, 1.165) is 22.4 Å². The van der Waals surface area contributed by atoms with Crippen LogP contribution in [0.25, 0.3) is 0 Å². The molecule has 0 aliphatic rings. The Hall–Kier alpha value is -1.51. The molecular weight excluding hydrogens is 204 g/mol. The normalized spacial score (nSPS) is 12.1. The zero-order valence-corrected chi connectivity index (χ0v) is 10.5. The maximum absolute atomic E-state index is 11.3. The summed E-state index contributed by atoms with van der Waals surface area (Å²) in [7, 11) is 1.36. The van der Waals surface area contributed by atoms with Gasteiger partial charge in [0.2, 0.25) is 0 Å². The van der Waals surface area contributed by atoms with Gasteiger partial charge in [-0.3, -0.25) is 0 Å². The van der Waals surface area contributed by atoms with Crippen LogP contribution in [-0.4, -0.2) is 19.2 Å². The number of ether oxygens (including phenoxy) is 2. The number of carbonyl (C=O) groups is 1. The molecule has 0 aliphatic heterocycles. The lowest BCUT2D eigenvalue weighted by Crippen LogP contribution is -2.25. The minimum absolute atomic E-state index is 0.362. The molecule has 16 heavy (non-hydrogen) atoms. The van der Waals surface area contributed by atoms with E-state index >= 15 is 0 Å². The highest BCUT2D eigenvalue weighted by atomic mass is 16.6. The number of benzene rings is 1. The van der Waals surface area contributed by atoms with Crippen molar-refractivity contribution in [2.45, 2.75) is 33.8 Å². The Bertz CT molecular complexity index is 396. The van der Waals surface area contributed by atoms with E-state index in [0.29, 0.717) is 0 Å². The summed E-state index contributed by atoms with van der Waals surface area (Å²) in [6.07, 6.45) is -0.579. The van der Waals surface area contributed by atoms with E-state index in [4.69, 9.17) is 4.74 Å². The van der Waals surface area contributed by atoms with E-state index < -0.39 is 6.10 Å². The molecular formula is C13H18O3. The summed E-state index contributed by atoms with van der Waals surface area (Å²) in [6.45, 7) is 7.69. The number of hydrogen-bond acceptors (Lipinski definition) is 3. The fourth-order valence-corrected chi connectivity index (χ4v) is 1.53. The lowest BCUT2D eigenvalue weighted by Gasteiger charge is -2.16. The Labute approximate surface area is 96.4 Å². The summed E-state index contributed by atoms with van der Waals surface area (Å²) >= 11 is 0. The minimum Gasteiger partial charge on any atom is -0.479 e. The zero-order valence-electron chi connectivity index (χ0n) is 10.5. The summed E-state index contributed by atoms with van der Waals surface area (Å²) < 4.78 is 10.2. The molecule has 0 radical (unpaired) electrons. The molecule has 0 bridgehead atoms. The van der Waals surface area contributed by atoms with Crippen LogP contribution < -0.4 is 4.74 Å². The van der Waals surface area contributed by atoms with Crippen LogP contribution in [0.2, 0.25) is 0 Å². The third kappa shape index (κ3) is 2.75. The van der Waals surface area contributed by atoms with Gasteiger partial charge in [-0.25, -0.2) is 4.79 Å². The van der Waals surface area contributed by atoms with Gasteiger partial charge in [0.25, 0.3) is 0 Å². The molecule has 0 N–H and O–H groups in total. The van der Waals surface area contributed by atoms with Gasteiger partial charge in [0.05, 0.1) is 7.11 Å². The average Bonchev–Trinajstić information content (AvgIpc) is 2.23. The van der Waals surface area contributed by atoms with Crippen molar-refractivity contribution in [1.82, 2.24) is 0 Å². The van der Waals surface area contributed by atoms with Crippen molar-refractivity contribution in [3.63, 3.8) is 0 Å². The fraction of sp³-hybridized carbons (Fsp3) is 0.462. The van der Waals surface area contributed by atoms with Crippen LogP contribution in [-0.2, 0) is 9.53 Å². The first kappa shape index (κ1) is 12.6. The Morgan fingerprint density at radius 2 is 1.88 bits per heavy atom. The maximum atomic E-state index is 11.3. The second-order valence-corrected chi connectivity index (χ2v) is 3.99. The lowest BCUT2D eigenvalue weighted by atomic mass is 10.1. The van der Waals surface area contributed by atoms with Gasteiger partial charge in [-0.2, -0.15) is 0 Å². The van der Waals surface area contributed by atoms with Crippen molar-refractivity contribution in [3.8, 4) is 5.75 Å². The van der Waals surface area contributed by atoms with Crippen LogP contribution >= 0.6 is 0 Å². The number of rotatable bonds is 3. The lowest BCUT2D eigenvalue weighted by molar-refractivity contribution is -0.147. The van der Waals surface area contributed by atoms with E-state index in [1.807, 2.05) is 26.8 Å². The molecule has 0 aromatic heterocycles. The van der Waals surface area contributed by atoms with Crippen molar-refractivity contribution in [1.29, 1.82) is 0 Å². The van der Waals surface area contributed by atoms with Crippen LogP contribution in [0.15, 0.2) is 12.1 Å². The summed E-state index contributed by atoms with van der Waals surface area (Å²) in [6, 6.07) is 4.02. The highest BCUT2D eigenvalue weighted by Crippen LogP contribution is 2.24. The van der Waals surface area contributed by atoms with Crippen LogP contribution in [0.5, 0.6) is 5.75 Å². The summed E-state index contributed by atoms with van der Waals surface area (Å²) in [4.78, 5) is 11.3. The van der Waals surface area contributed by atoms with E-state index in [1.165, 1.54) is 7.11 Å². The average molecular weight is 222 g/mol. The van der Waals surface area contributed by atoms with Crippen LogP contribution in [0.4, 0.5) is 0 Å². The molecule has 0 heterocycles. The maximum Gasteiger partial charge on any atom is 0.346 e. The highest BCUT2D eigenvalue weighted by Gasteiger charge is 2.16. The Balaban J connectivity index is 2.93. The van der Waals surface area contributed by atoms with Gasteiger partial charge in [-0.05, 0) is 50.5 Å². The Morgan fingerprint density at radius 1 is 1.25 bits per heavy atom. The first-order valence-corrected chi connectivity index (χ1v) is 5.28. The Kier molecular flexibility index (Phi) is 3.93. The third-order valence-corrected chi connectivity index (χ3v) is 2.60. The van der Waals surface area contributed by atoms with Gasteiger partial charge in [-0.1, -0.05) is 6.07 Å². The number of carbonyl (C=O) groups excluding carboxylic acids is 1. The molecule has 0 saturated carbocycles. The van der Waals surface area contributed by atoms with Crippen molar-refractivity contribution in [3.05, 3.63) is 28.8 Å². The van der Waals surface area contributed by atoms with Crippen molar-refractivity contribution >= 4 is 5.97 Å². The number of methoxy groups -OCH3 is 1. The molecule has 0 saturated heterocycles. The molecule has 0 aliphatic carbocycles. The molecule has 1 rings (SSSR count). The molecule has 1 aromatic rings. The number of esters is 1. The van der Waals surface area contributed by atoms with Crippen LogP contribution in [0.3, 0.4) is 0 Å². The largest absolute Gasteiger partial charge is 0.479 e. The van der Waals surface area contributed by atoms with Crippen molar-refractivity contribution < 1.29 is 14.3 Å². The topological polar surface area (TPSA) is 35.5 Å². The smallest absolute Gasteiger partial charge is 0.346 e. The molecule has 0 fully saturated rings. The summed E-state index contributed by atoms with van der Waals surface area (Å²) in [5.41, 5.74) is 3.34. The van der Waals surface area contributed by atoms with Crippen LogP contribution in [0, 0.1) is 20.8 Å². The molecule has 0 spiro atoms. The molecule has 0 unspecified atom stereocenters. The van der Waals surface area contributed by atoms with Gasteiger partial charge >= 0.3 is 5.97 Å². The Morgan fingerprint density at radius 3 is 2.44 bits per heavy atom. The molecule has 1 aromatic carbocycles. The quantitative estimate of drug-likeness (QED) is 0.737. The number of hydrogen-bond donors (Lipinski definition) is 0. The third-order valence-electron chi connectivity index (χ3n) is 2.60. The molecule has 3 heteroatoms. The molecule has 0 amide bonds. The van der Waals surface area contributed by atoms with E-state index in [2.05, 4.69) is 10.8 Å². The monoisotopic (exact) mass is 222 g/mol. The summed E-state index contributed by atoms with van der Waals surface area (Å²) in [5, 5.41) is 0. The van der Waals surface area contributed by atoms with E-state index in [1.54, 1.807) is 6.92 Å². The van der Waals surface area contributed by atoms with Crippen LogP contribution in [0.1, 0.15) is 23.6 Å². The second kappa shape index (κ2) is 5.01. The van der Waals surface area contributed by atoms with Crippen molar-refractivity contribution in [2.75, 3.05) is 7.11 Å². The molecule has 3 nitrogen and oxygen atoms in total. The predicted molar refractivity (Wildman–Crippen MR) is 62.8 cm³/mol. The van der Waals surface area contributed by atoms with Gasteiger partial charge in [0.15, 0.2) is 6.10 Å².